The zero-order valence-electron chi connectivity index (χ0n) is 18.2. The number of amides is 1. The number of carbonyl (C=O) groups is 1. The molecule has 160 valence electrons. The molecule has 1 aromatic carbocycles. The van der Waals surface area contributed by atoms with Crippen molar-refractivity contribution in [2.24, 2.45) is 0 Å². The molecule has 0 N–H and O–H groups in total. The Balaban J connectivity index is 1.58. The lowest BCUT2D eigenvalue weighted by atomic mass is 9.87. The van der Waals surface area contributed by atoms with E-state index in [1.807, 2.05) is 23.2 Å². The third-order valence-electron chi connectivity index (χ3n) is 5.74. The molecular weight excluding hydrogens is 408 g/mol. The molecule has 0 bridgehead atoms. The number of aromatic nitrogens is 3. The van der Waals surface area contributed by atoms with Crippen molar-refractivity contribution in [3.8, 4) is 11.1 Å². The molecule has 6 heteroatoms. The van der Waals surface area contributed by atoms with Crippen molar-refractivity contribution >= 4 is 17.5 Å². The SMILES string of the molecule is CC(C)(C)c1ncc(-c2ccncc2)c(C2CCN(C(=O)c3ccc(Cl)cc3)CC2)n1. The van der Waals surface area contributed by atoms with Gasteiger partial charge in [0, 0.05) is 59.2 Å². The van der Waals surface area contributed by atoms with Crippen LogP contribution in [0.1, 0.15) is 61.4 Å². The van der Waals surface area contributed by atoms with Crippen molar-refractivity contribution in [2.45, 2.75) is 44.9 Å². The Hall–Kier alpha value is -2.79. The normalized spacial score (nSPS) is 15.2. The van der Waals surface area contributed by atoms with E-state index >= 15 is 0 Å². The van der Waals surface area contributed by atoms with Gasteiger partial charge in [-0.25, -0.2) is 9.97 Å². The summed E-state index contributed by atoms with van der Waals surface area (Å²) in [7, 11) is 0. The average molecular weight is 435 g/mol. The summed E-state index contributed by atoms with van der Waals surface area (Å²) in [6.45, 7) is 7.80. The third-order valence-corrected chi connectivity index (χ3v) is 5.99. The topological polar surface area (TPSA) is 59.0 Å². The largest absolute Gasteiger partial charge is 0.339 e. The van der Waals surface area contributed by atoms with Gasteiger partial charge in [0.05, 0.1) is 5.69 Å². The Kier molecular flexibility index (Phi) is 6.05. The highest BCUT2D eigenvalue weighted by Crippen LogP contribution is 2.35. The number of pyridine rings is 1. The quantitative estimate of drug-likeness (QED) is 0.545. The van der Waals surface area contributed by atoms with E-state index in [4.69, 9.17) is 16.6 Å². The molecule has 2 aromatic heterocycles. The van der Waals surface area contributed by atoms with Crippen LogP contribution in [0.25, 0.3) is 11.1 Å². The average Bonchev–Trinajstić information content (AvgIpc) is 2.79. The second-order valence-corrected chi connectivity index (χ2v) is 9.49. The van der Waals surface area contributed by atoms with Crippen LogP contribution in [0.15, 0.2) is 55.0 Å². The Morgan fingerprint density at radius 3 is 2.29 bits per heavy atom. The first-order valence-electron chi connectivity index (χ1n) is 10.7. The fourth-order valence-corrected chi connectivity index (χ4v) is 4.08. The Morgan fingerprint density at radius 1 is 1.03 bits per heavy atom. The fraction of sp³-hybridized carbons (Fsp3) is 0.360. The van der Waals surface area contributed by atoms with Gasteiger partial charge in [-0.3, -0.25) is 9.78 Å². The van der Waals surface area contributed by atoms with Crippen molar-refractivity contribution in [3.05, 3.63) is 77.1 Å². The summed E-state index contributed by atoms with van der Waals surface area (Å²) < 4.78 is 0. The lowest BCUT2D eigenvalue weighted by molar-refractivity contribution is 0.0712. The van der Waals surface area contributed by atoms with Crippen LogP contribution >= 0.6 is 11.6 Å². The van der Waals surface area contributed by atoms with Gasteiger partial charge in [-0.15, -0.1) is 0 Å². The molecule has 0 spiro atoms. The van der Waals surface area contributed by atoms with Gasteiger partial charge in [0.15, 0.2) is 0 Å². The fourth-order valence-electron chi connectivity index (χ4n) is 3.95. The summed E-state index contributed by atoms with van der Waals surface area (Å²) in [5.41, 5.74) is 3.75. The van der Waals surface area contributed by atoms with E-state index in [1.165, 1.54) is 0 Å². The number of carbonyl (C=O) groups excluding carboxylic acids is 1. The number of rotatable bonds is 3. The molecule has 1 fully saturated rings. The monoisotopic (exact) mass is 434 g/mol. The van der Waals surface area contributed by atoms with Gasteiger partial charge in [0.25, 0.3) is 5.91 Å². The van der Waals surface area contributed by atoms with E-state index in [2.05, 4.69) is 30.7 Å². The zero-order chi connectivity index (χ0) is 22.0. The summed E-state index contributed by atoms with van der Waals surface area (Å²) in [5.74, 6) is 1.18. The standard InChI is InChI=1S/C25H27ClN4O/c1-25(2,3)24-28-16-21(17-8-12-27-13-9-17)22(29-24)18-10-14-30(15-11-18)23(31)19-4-6-20(26)7-5-19/h4-9,12-13,16,18H,10-11,14-15H2,1-3H3. The first-order valence-corrected chi connectivity index (χ1v) is 11.0. The maximum atomic E-state index is 12.9. The van der Waals surface area contributed by atoms with Gasteiger partial charge >= 0.3 is 0 Å². The summed E-state index contributed by atoms with van der Waals surface area (Å²) in [4.78, 5) is 28.6. The Bertz CT molecular complexity index is 1050. The number of hydrogen-bond donors (Lipinski definition) is 0. The second-order valence-electron chi connectivity index (χ2n) is 9.05. The van der Waals surface area contributed by atoms with Gasteiger partial charge < -0.3 is 4.90 Å². The summed E-state index contributed by atoms with van der Waals surface area (Å²) in [5, 5.41) is 0.636. The van der Waals surface area contributed by atoms with Gasteiger partial charge in [-0.2, -0.15) is 0 Å². The molecule has 0 unspecified atom stereocenters. The first-order chi connectivity index (χ1) is 14.8. The van der Waals surface area contributed by atoms with Crippen LogP contribution in [-0.2, 0) is 5.41 Å². The van der Waals surface area contributed by atoms with Crippen LogP contribution in [0.3, 0.4) is 0 Å². The molecule has 1 amide bonds. The molecule has 1 aliphatic heterocycles. The molecule has 31 heavy (non-hydrogen) atoms. The highest BCUT2D eigenvalue weighted by molar-refractivity contribution is 6.30. The van der Waals surface area contributed by atoms with E-state index in [1.54, 1.807) is 36.7 Å². The molecule has 1 saturated heterocycles. The first kappa shape index (κ1) is 21.4. The summed E-state index contributed by atoms with van der Waals surface area (Å²) >= 11 is 5.96. The summed E-state index contributed by atoms with van der Waals surface area (Å²) in [6.07, 6.45) is 7.29. The molecule has 1 aliphatic rings. The molecule has 0 aliphatic carbocycles. The van der Waals surface area contributed by atoms with Crippen LogP contribution in [0.4, 0.5) is 0 Å². The van der Waals surface area contributed by atoms with Crippen molar-refractivity contribution < 1.29 is 4.79 Å². The minimum atomic E-state index is -0.128. The number of likely N-dealkylation sites (tertiary alicyclic amines) is 1. The predicted octanol–water partition coefficient (Wildman–Crippen LogP) is 5.51. The van der Waals surface area contributed by atoms with Crippen molar-refractivity contribution in [3.63, 3.8) is 0 Å². The highest BCUT2D eigenvalue weighted by Gasteiger charge is 2.29. The lowest BCUT2D eigenvalue weighted by Crippen LogP contribution is -2.38. The number of hydrogen-bond acceptors (Lipinski definition) is 4. The van der Waals surface area contributed by atoms with Crippen LogP contribution in [0.2, 0.25) is 5.02 Å². The lowest BCUT2D eigenvalue weighted by Gasteiger charge is -2.33. The third kappa shape index (κ3) is 4.77. The van der Waals surface area contributed by atoms with E-state index in [0.29, 0.717) is 23.7 Å². The Morgan fingerprint density at radius 2 is 1.68 bits per heavy atom. The molecule has 0 radical (unpaired) electrons. The predicted molar refractivity (Wildman–Crippen MR) is 123 cm³/mol. The number of piperidine rings is 1. The highest BCUT2D eigenvalue weighted by atomic mass is 35.5. The van der Waals surface area contributed by atoms with Crippen LogP contribution < -0.4 is 0 Å². The number of nitrogens with zero attached hydrogens (tertiary/aromatic N) is 4. The molecular formula is C25H27ClN4O. The van der Waals surface area contributed by atoms with Crippen LogP contribution in [0.5, 0.6) is 0 Å². The maximum absolute atomic E-state index is 12.9. The zero-order valence-corrected chi connectivity index (χ0v) is 18.9. The number of halogens is 1. The molecule has 5 nitrogen and oxygen atoms in total. The van der Waals surface area contributed by atoms with Gasteiger partial charge in [-0.1, -0.05) is 32.4 Å². The van der Waals surface area contributed by atoms with E-state index in [0.717, 1.165) is 35.5 Å². The van der Waals surface area contributed by atoms with Crippen molar-refractivity contribution in [2.75, 3.05) is 13.1 Å². The van der Waals surface area contributed by atoms with Crippen LogP contribution in [-0.4, -0.2) is 38.8 Å². The van der Waals surface area contributed by atoms with Crippen molar-refractivity contribution in [1.82, 2.24) is 19.9 Å². The smallest absolute Gasteiger partial charge is 0.253 e. The minimum Gasteiger partial charge on any atom is -0.339 e. The Labute approximate surface area is 188 Å². The van der Waals surface area contributed by atoms with Gasteiger partial charge in [0.2, 0.25) is 0 Å². The molecule has 0 saturated carbocycles. The molecule has 0 atom stereocenters. The minimum absolute atomic E-state index is 0.0579. The molecule has 4 rings (SSSR count). The molecule has 3 aromatic rings. The van der Waals surface area contributed by atoms with Gasteiger partial charge in [0.1, 0.15) is 5.82 Å². The molecule has 3 heterocycles. The van der Waals surface area contributed by atoms with E-state index in [9.17, 15) is 4.79 Å². The summed E-state index contributed by atoms with van der Waals surface area (Å²) in [6, 6.07) is 11.1. The van der Waals surface area contributed by atoms with Gasteiger partial charge in [-0.05, 0) is 54.8 Å². The van der Waals surface area contributed by atoms with E-state index in [-0.39, 0.29) is 17.2 Å². The number of benzene rings is 1. The second kappa shape index (κ2) is 8.75. The van der Waals surface area contributed by atoms with Crippen LogP contribution in [0, 0.1) is 0 Å². The van der Waals surface area contributed by atoms with Crippen molar-refractivity contribution in [1.29, 1.82) is 0 Å². The van der Waals surface area contributed by atoms with E-state index < -0.39 is 0 Å². The maximum Gasteiger partial charge on any atom is 0.253 e.